The molecular weight excluding hydrogens is 176 g/mol. The predicted octanol–water partition coefficient (Wildman–Crippen LogP) is 0.438. The van der Waals surface area contributed by atoms with Gasteiger partial charge in [-0.15, -0.1) is 0 Å². The molecule has 72 valence electrons. The van der Waals surface area contributed by atoms with E-state index in [9.17, 15) is 8.42 Å². The maximum absolute atomic E-state index is 11.2. The molecule has 0 aromatic heterocycles. The van der Waals surface area contributed by atoms with Crippen LogP contribution in [0.3, 0.4) is 0 Å². The number of hydrogen-bond donors (Lipinski definition) is 1. The lowest BCUT2D eigenvalue weighted by Gasteiger charge is -2.09. The van der Waals surface area contributed by atoms with Crippen molar-refractivity contribution in [3.8, 4) is 0 Å². The van der Waals surface area contributed by atoms with E-state index in [1.54, 1.807) is 0 Å². The van der Waals surface area contributed by atoms with Crippen LogP contribution < -0.4 is 0 Å². The standard InChI is InChI=1S/C8H16O3S/c1-6-3-8(12(2,10)11)4-7(6)5-9/h6-9H,3-5H2,1-2H3/t6-,7-,8+/m1/s1. The highest BCUT2D eigenvalue weighted by atomic mass is 32.2. The van der Waals surface area contributed by atoms with Gasteiger partial charge in [0, 0.05) is 12.9 Å². The molecule has 0 aliphatic heterocycles. The third-order valence-corrected chi connectivity index (χ3v) is 4.44. The van der Waals surface area contributed by atoms with E-state index in [0.29, 0.717) is 18.8 Å². The monoisotopic (exact) mass is 192 g/mol. The van der Waals surface area contributed by atoms with Crippen LogP contribution in [0.2, 0.25) is 0 Å². The van der Waals surface area contributed by atoms with Crippen LogP contribution in [-0.2, 0) is 9.84 Å². The molecule has 1 rings (SSSR count). The maximum Gasteiger partial charge on any atom is 0.150 e. The molecule has 0 amide bonds. The van der Waals surface area contributed by atoms with Gasteiger partial charge in [-0.05, 0) is 24.7 Å². The zero-order valence-corrected chi connectivity index (χ0v) is 8.34. The SMILES string of the molecule is C[C@@H]1C[C@H](S(C)(=O)=O)C[C@@H]1CO. The largest absolute Gasteiger partial charge is 0.396 e. The Morgan fingerprint density at radius 3 is 2.25 bits per heavy atom. The number of sulfone groups is 1. The molecule has 12 heavy (non-hydrogen) atoms. The summed E-state index contributed by atoms with van der Waals surface area (Å²) >= 11 is 0. The molecule has 0 bridgehead atoms. The molecule has 4 heteroatoms. The van der Waals surface area contributed by atoms with E-state index in [2.05, 4.69) is 0 Å². The van der Waals surface area contributed by atoms with Gasteiger partial charge in [0.2, 0.25) is 0 Å². The molecule has 0 radical (unpaired) electrons. The van der Waals surface area contributed by atoms with E-state index in [-0.39, 0.29) is 17.8 Å². The summed E-state index contributed by atoms with van der Waals surface area (Å²) in [6, 6.07) is 0. The Bertz CT molecular complexity index is 245. The molecule has 1 saturated carbocycles. The average molecular weight is 192 g/mol. The molecular formula is C8H16O3S. The molecule has 0 spiro atoms. The number of aliphatic hydroxyl groups excluding tert-OH is 1. The van der Waals surface area contributed by atoms with Gasteiger partial charge < -0.3 is 5.11 Å². The Labute approximate surface area is 73.7 Å². The van der Waals surface area contributed by atoms with Crippen LogP contribution in [0.25, 0.3) is 0 Å². The van der Waals surface area contributed by atoms with Crippen molar-refractivity contribution in [2.45, 2.75) is 25.0 Å². The second-order valence-electron chi connectivity index (χ2n) is 3.84. The van der Waals surface area contributed by atoms with Gasteiger partial charge in [0.05, 0.1) is 5.25 Å². The third kappa shape index (κ3) is 1.98. The van der Waals surface area contributed by atoms with E-state index in [0.717, 1.165) is 0 Å². The average Bonchev–Trinajstić information content (AvgIpc) is 2.29. The Morgan fingerprint density at radius 2 is 2.00 bits per heavy atom. The fourth-order valence-corrected chi connectivity index (χ4v) is 3.13. The fourth-order valence-electron chi connectivity index (χ4n) is 1.88. The first-order chi connectivity index (χ1) is 5.45. The first-order valence-electron chi connectivity index (χ1n) is 4.25. The topological polar surface area (TPSA) is 54.4 Å². The summed E-state index contributed by atoms with van der Waals surface area (Å²) in [4.78, 5) is 0. The van der Waals surface area contributed by atoms with Gasteiger partial charge >= 0.3 is 0 Å². The molecule has 1 aliphatic rings. The van der Waals surface area contributed by atoms with Crippen LogP contribution in [0.15, 0.2) is 0 Å². The highest BCUT2D eigenvalue weighted by Crippen LogP contribution is 2.34. The van der Waals surface area contributed by atoms with Crippen molar-refractivity contribution in [1.82, 2.24) is 0 Å². The van der Waals surface area contributed by atoms with Crippen LogP contribution in [0.1, 0.15) is 19.8 Å². The van der Waals surface area contributed by atoms with E-state index in [4.69, 9.17) is 5.11 Å². The van der Waals surface area contributed by atoms with E-state index >= 15 is 0 Å². The lowest BCUT2D eigenvalue weighted by Crippen LogP contribution is -2.16. The summed E-state index contributed by atoms with van der Waals surface area (Å²) < 4.78 is 22.3. The van der Waals surface area contributed by atoms with Crippen LogP contribution in [-0.4, -0.2) is 31.6 Å². The lowest BCUT2D eigenvalue weighted by molar-refractivity contribution is 0.201. The van der Waals surface area contributed by atoms with Crippen molar-refractivity contribution < 1.29 is 13.5 Å². The fraction of sp³-hybridized carbons (Fsp3) is 1.00. The Balaban J connectivity index is 2.67. The zero-order valence-electron chi connectivity index (χ0n) is 7.53. The second kappa shape index (κ2) is 3.34. The smallest absolute Gasteiger partial charge is 0.150 e. The zero-order chi connectivity index (χ0) is 9.35. The van der Waals surface area contributed by atoms with Crippen molar-refractivity contribution >= 4 is 9.84 Å². The van der Waals surface area contributed by atoms with E-state index in [1.807, 2.05) is 6.92 Å². The summed E-state index contributed by atoms with van der Waals surface area (Å²) in [5, 5.41) is 8.71. The molecule has 0 heterocycles. The minimum absolute atomic E-state index is 0.118. The Morgan fingerprint density at radius 1 is 1.42 bits per heavy atom. The minimum atomic E-state index is -2.89. The number of rotatable bonds is 2. The lowest BCUT2D eigenvalue weighted by atomic mass is 10.00. The third-order valence-electron chi connectivity index (χ3n) is 2.85. The van der Waals surface area contributed by atoms with Crippen LogP contribution in [0, 0.1) is 11.8 Å². The second-order valence-corrected chi connectivity index (χ2v) is 6.17. The van der Waals surface area contributed by atoms with Crippen LogP contribution in [0.5, 0.6) is 0 Å². The van der Waals surface area contributed by atoms with E-state index < -0.39 is 9.84 Å². The van der Waals surface area contributed by atoms with Gasteiger partial charge in [0.1, 0.15) is 9.84 Å². The van der Waals surface area contributed by atoms with Gasteiger partial charge in [0.25, 0.3) is 0 Å². The highest BCUT2D eigenvalue weighted by Gasteiger charge is 2.36. The van der Waals surface area contributed by atoms with Crippen LogP contribution in [0.4, 0.5) is 0 Å². The minimum Gasteiger partial charge on any atom is -0.396 e. The summed E-state index contributed by atoms with van der Waals surface area (Å²) in [6.45, 7) is 2.12. The van der Waals surface area contributed by atoms with Crippen molar-refractivity contribution in [1.29, 1.82) is 0 Å². The normalized spacial score (nSPS) is 37.1. The van der Waals surface area contributed by atoms with Gasteiger partial charge in [-0.1, -0.05) is 6.92 Å². The molecule has 3 atom stereocenters. The maximum atomic E-state index is 11.2. The predicted molar refractivity (Wildman–Crippen MR) is 47.6 cm³/mol. The van der Waals surface area contributed by atoms with E-state index in [1.165, 1.54) is 6.26 Å². The first-order valence-corrected chi connectivity index (χ1v) is 6.20. The van der Waals surface area contributed by atoms with Crippen LogP contribution >= 0.6 is 0 Å². The van der Waals surface area contributed by atoms with Crippen molar-refractivity contribution in [3.05, 3.63) is 0 Å². The summed E-state index contributed by atoms with van der Waals surface area (Å²) in [5.74, 6) is 0.527. The summed E-state index contributed by atoms with van der Waals surface area (Å²) in [5.41, 5.74) is 0. The molecule has 0 aromatic carbocycles. The number of hydrogen-bond acceptors (Lipinski definition) is 3. The summed E-state index contributed by atoms with van der Waals surface area (Å²) in [7, 11) is -2.89. The molecule has 0 saturated heterocycles. The molecule has 1 aliphatic carbocycles. The first kappa shape index (κ1) is 9.99. The Kier molecular flexibility index (Phi) is 2.78. The molecule has 0 aromatic rings. The summed E-state index contributed by atoms with van der Waals surface area (Å²) in [6.07, 6.45) is 2.63. The molecule has 1 fully saturated rings. The van der Waals surface area contributed by atoms with Gasteiger partial charge in [0.15, 0.2) is 0 Å². The molecule has 3 nitrogen and oxygen atoms in total. The van der Waals surface area contributed by atoms with Gasteiger partial charge in [-0.25, -0.2) is 8.42 Å². The van der Waals surface area contributed by atoms with Crippen molar-refractivity contribution in [2.75, 3.05) is 12.9 Å². The number of aliphatic hydroxyl groups is 1. The Hall–Kier alpha value is -0.0900. The molecule has 0 unspecified atom stereocenters. The van der Waals surface area contributed by atoms with Crippen molar-refractivity contribution in [3.63, 3.8) is 0 Å². The van der Waals surface area contributed by atoms with Crippen molar-refractivity contribution in [2.24, 2.45) is 11.8 Å². The highest BCUT2D eigenvalue weighted by molar-refractivity contribution is 7.91. The van der Waals surface area contributed by atoms with Gasteiger partial charge in [-0.2, -0.15) is 0 Å². The molecule has 1 N–H and O–H groups in total. The van der Waals surface area contributed by atoms with Gasteiger partial charge in [-0.3, -0.25) is 0 Å². The quantitative estimate of drug-likeness (QED) is 0.690.